The van der Waals surface area contributed by atoms with Crippen LogP contribution in [0.4, 0.5) is 11.4 Å². The largest absolute Gasteiger partial charge is 0.388 e. The zero-order chi connectivity index (χ0) is 38.3. The minimum Gasteiger partial charge on any atom is -0.388 e. The Morgan fingerprint density at radius 2 is 1.62 bits per heavy atom. The molecule has 0 unspecified atom stereocenters. The molecule has 0 bridgehead atoms. The standard InChI is InChI=1S/C45H66N6O/c1-12-49(37(5)46-10)33-36(4)51(35(2)3)34-43(52)48-31-23-24-32-50-41-28-21-19-26-39(41)45(8,9)42(50)29-17-15-13-14-16-22-30-44(6,7)38-25-18-20-27-40(38)47-11/h13-22,25-29,35,46-47H,4-5,12,23-24,30-34H2,1-3,6-11H3,(H,48,52)/b14-13+,17-15+,22-16+,42-29+. The number of fused-ring (bicyclic) bond motifs is 1. The highest BCUT2D eigenvalue weighted by molar-refractivity contribution is 5.78. The Kier molecular flexibility index (Phi) is 15.9. The number of amides is 1. The molecule has 3 N–H and O–H groups in total. The zero-order valence-corrected chi connectivity index (χ0v) is 33.6. The number of carbonyl (C=O) groups excluding carboxylic acids is 1. The summed E-state index contributed by atoms with van der Waals surface area (Å²) >= 11 is 0. The summed E-state index contributed by atoms with van der Waals surface area (Å²) in [7, 11) is 3.85. The second kappa shape index (κ2) is 19.8. The summed E-state index contributed by atoms with van der Waals surface area (Å²) in [5.74, 6) is 0.868. The Hall–Kier alpha value is -4.65. The SMILES string of the molecule is C=C(NC)N(CC)CC(=C)N(CC(=O)NCCCCN1/C(=C/C=C/C=C/C=C/CC(C)(C)c2ccccc2NC)C(C)(C)c2ccccc21)C(C)C. The molecule has 0 spiro atoms. The van der Waals surface area contributed by atoms with Crippen molar-refractivity contribution in [2.75, 3.05) is 57.0 Å². The van der Waals surface area contributed by atoms with Crippen molar-refractivity contribution in [3.8, 4) is 0 Å². The van der Waals surface area contributed by atoms with Crippen molar-refractivity contribution >= 4 is 17.3 Å². The van der Waals surface area contributed by atoms with Crippen LogP contribution in [0.3, 0.4) is 0 Å². The molecule has 0 aromatic heterocycles. The second-order valence-corrected chi connectivity index (χ2v) is 15.0. The molecule has 7 nitrogen and oxygen atoms in total. The smallest absolute Gasteiger partial charge is 0.239 e. The van der Waals surface area contributed by atoms with E-state index in [0.717, 1.165) is 43.9 Å². The number of hydrogen-bond donors (Lipinski definition) is 3. The van der Waals surface area contributed by atoms with Gasteiger partial charge < -0.3 is 30.7 Å². The van der Waals surface area contributed by atoms with E-state index < -0.39 is 0 Å². The second-order valence-electron chi connectivity index (χ2n) is 15.0. The van der Waals surface area contributed by atoms with E-state index in [1.54, 1.807) is 0 Å². The lowest BCUT2D eigenvalue weighted by atomic mass is 9.80. The molecule has 0 radical (unpaired) electrons. The molecule has 2 aromatic carbocycles. The van der Waals surface area contributed by atoms with Gasteiger partial charge in [-0.05, 0) is 74.8 Å². The molecule has 0 atom stereocenters. The number of nitrogens with zero attached hydrogens (tertiary/aromatic N) is 3. The lowest BCUT2D eigenvalue weighted by Crippen LogP contribution is -2.43. The number of anilines is 2. The summed E-state index contributed by atoms with van der Waals surface area (Å²) in [5.41, 5.74) is 7.25. The predicted octanol–water partition coefficient (Wildman–Crippen LogP) is 8.88. The van der Waals surface area contributed by atoms with Gasteiger partial charge in [0.25, 0.3) is 0 Å². The maximum atomic E-state index is 13.0. The van der Waals surface area contributed by atoms with Gasteiger partial charge in [0.2, 0.25) is 5.91 Å². The third-order valence-corrected chi connectivity index (χ3v) is 10.1. The Labute approximate surface area is 315 Å². The fourth-order valence-corrected chi connectivity index (χ4v) is 6.92. The maximum Gasteiger partial charge on any atom is 0.239 e. The normalized spacial score (nSPS) is 14.8. The molecule has 7 heteroatoms. The zero-order valence-electron chi connectivity index (χ0n) is 33.6. The Morgan fingerprint density at radius 3 is 2.31 bits per heavy atom. The maximum absolute atomic E-state index is 13.0. The van der Waals surface area contributed by atoms with Crippen LogP contribution in [0.5, 0.6) is 0 Å². The van der Waals surface area contributed by atoms with Gasteiger partial charge in [0, 0.05) is 68.0 Å². The van der Waals surface area contributed by atoms with Crippen molar-refractivity contribution in [3.63, 3.8) is 0 Å². The van der Waals surface area contributed by atoms with Crippen molar-refractivity contribution in [2.45, 2.75) is 84.6 Å². The lowest BCUT2D eigenvalue weighted by molar-refractivity contribution is -0.122. The van der Waals surface area contributed by atoms with E-state index in [4.69, 9.17) is 0 Å². The van der Waals surface area contributed by atoms with Gasteiger partial charge in [0.15, 0.2) is 0 Å². The summed E-state index contributed by atoms with van der Waals surface area (Å²) in [6.07, 6.45) is 17.9. The molecule has 52 heavy (non-hydrogen) atoms. The average molecular weight is 707 g/mol. The highest BCUT2D eigenvalue weighted by atomic mass is 16.2. The lowest BCUT2D eigenvalue weighted by Gasteiger charge is -2.34. The van der Waals surface area contributed by atoms with Gasteiger partial charge in [-0.1, -0.05) is 114 Å². The van der Waals surface area contributed by atoms with Crippen LogP contribution in [0.2, 0.25) is 0 Å². The minimum atomic E-state index is -0.108. The van der Waals surface area contributed by atoms with Crippen LogP contribution in [0, 0.1) is 0 Å². The first-order valence-corrected chi connectivity index (χ1v) is 19.0. The summed E-state index contributed by atoms with van der Waals surface area (Å²) in [5, 5.41) is 9.59. The number of unbranched alkanes of at least 4 members (excludes halogenated alkanes) is 1. The fourth-order valence-electron chi connectivity index (χ4n) is 6.92. The van der Waals surface area contributed by atoms with Crippen LogP contribution >= 0.6 is 0 Å². The molecule has 1 aliphatic heterocycles. The van der Waals surface area contributed by atoms with Crippen molar-refractivity contribution < 1.29 is 4.79 Å². The molecule has 0 fully saturated rings. The number of allylic oxidation sites excluding steroid dienone is 8. The number of nitrogens with one attached hydrogen (secondary N) is 3. The van der Waals surface area contributed by atoms with E-state index in [-0.39, 0.29) is 22.8 Å². The van der Waals surface area contributed by atoms with Crippen molar-refractivity contribution in [3.05, 3.63) is 133 Å². The van der Waals surface area contributed by atoms with Gasteiger partial charge in [-0.25, -0.2) is 0 Å². The third-order valence-electron chi connectivity index (χ3n) is 10.1. The van der Waals surface area contributed by atoms with Crippen LogP contribution in [0.15, 0.2) is 121 Å². The van der Waals surface area contributed by atoms with E-state index in [2.05, 4.69) is 183 Å². The minimum absolute atomic E-state index is 0.0226. The van der Waals surface area contributed by atoms with E-state index in [1.165, 1.54) is 28.2 Å². The summed E-state index contributed by atoms with van der Waals surface area (Å²) in [6.45, 7) is 27.1. The van der Waals surface area contributed by atoms with Crippen LogP contribution in [0.1, 0.15) is 78.9 Å². The fraction of sp³-hybridized carbons (Fsp3) is 0.444. The number of rotatable bonds is 21. The van der Waals surface area contributed by atoms with Crippen molar-refractivity contribution in [1.82, 2.24) is 20.4 Å². The first-order chi connectivity index (χ1) is 24.8. The number of likely N-dealkylation sites (N-methyl/N-ethyl adjacent to an activating group) is 1. The van der Waals surface area contributed by atoms with E-state index >= 15 is 0 Å². The topological polar surface area (TPSA) is 62.9 Å². The first-order valence-electron chi connectivity index (χ1n) is 19.0. The first kappa shape index (κ1) is 41.8. The summed E-state index contributed by atoms with van der Waals surface area (Å²) in [4.78, 5) is 19.7. The van der Waals surface area contributed by atoms with Gasteiger partial charge in [0.1, 0.15) is 0 Å². The van der Waals surface area contributed by atoms with Crippen LogP contribution in [-0.4, -0.2) is 68.6 Å². The summed E-state index contributed by atoms with van der Waals surface area (Å²) in [6, 6.07) is 17.4. The highest BCUT2D eigenvalue weighted by Gasteiger charge is 2.39. The van der Waals surface area contributed by atoms with Gasteiger partial charge in [-0.2, -0.15) is 0 Å². The highest BCUT2D eigenvalue weighted by Crippen LogP contribution is 2.47. The average Bonchev–Trinajstić information content (AvgIpc) is 3.34. The quantitative estimate of drug-likeness (QED) is 0.0891. The van der Waals surface area contributed by atoms with Gasteiger partial charge in [-0.3, -0.25) is 4.79 Å². The van der Waals surface area contributed by atoms with Crippen LogP contribution in [-0.2, 0) is 15.6 Å². The van der Waals surface area contributed by atoms with Gasteiger partial charge >= 0.3 is 0 Å². The summed E-state index contributed by atoms with van der Waals surface area (Å²) < 4.78 is 0. The number of para-hydroxylation sites is 2. The van der Waals surface area contributed by atoms with Gasteiger partial charge in [-0.15, -0.1) is 0 Å². The molecule has 0 saturated carbocycles. The molecule has 1 heterocycles. The van der Waals surface area contributed by atoms with Crippen molar-refractivity contribution in [1.29, 1.82) is 0 Å². The molecule has 282 valence electrons. The molecule has 3 rings (SSSR count). The number of hydrogen-bond acceptors (Lipinski definition) is 6. The Morgan fingerprint density at radius 1 is 0.942 bits per heavy atom. The molecular formula is C45H66N6O. The molecular weight excluding hydrogens is 641 g/mol. The van der Waals surface area contributed by atoms with Crippen LogP contribution < -0.4 is 20.9 Å². The Balaban J connectivity index is 1.56. The molecule has 1 amide bonds. The Bertz CT molecular complexity index is 1610. The molecule has 0 aliphatic carbocycles. The van der Waals surface area contributed by atoms with E-state index in [1.807, 2.05) is 14.1 Å². The van der Waals surface area contributed by atoms with Crippen molar-refractivity contribution in [2.24, 2.45) is 0 Å². The molecule has 1 aliphatic rings. The number of benzene rings is 2. The number of carbonyl (C=O) groups is 1. The van der Waals surface area contributed by atoms with E-state index in [9.17, 15) is 4.79 Å². The molecule has 2 aromatic rings. The monoisotopic (exact) mass is 707 g/mol. The predicted molar refractivity (Wildman–Crippen MR) is 225 cm³/mol. The van der Waals surface area contributed by atoms with Gasteiger partial charge in [0.05, 0.1) is 18.9 Å². The van der Waals surface area contributed by atoms with Crippen LogP contribution in [0.25, 0.3) is 0 Å². The van der Waals surface area contributed by atoms with E-state index in [0.29, 0.717) is 19.6 Å². The molecule has 0 saturated heterocycles. The third kappa shape index (κ3) is 11.2.